The molecule has 1 aromatic carbocycles. The quantitative estimate of drug-likeness (QED) is 0.426. The molecule has 0 spiro atoms. The first-order chi connectivity index (χ1) is 14.4. The number of ether oxygens (including phenoxy) is 1. The van der Waals surface area contributed by atoms with Crippen molar-refractivity contribution >= 4 is 52.3 Å². The molecule has 1 heterocycles. The minimum Gasteiger partial charge on any atom is -0.456 e. The van der Waals surface area contributed by atoms with E-state index in [1.807, 2.05) is 0 Å². The minimum absolute atomic E-state index is 0.0634. The number of nitrogens with zero attached hydrogens (tertiary/aromatic N) is 1. The Labute approximate surface area is 183 Å². The largest absolute Gasteiger partial charge is 0.456 e. The molecular formula is C20H22ClN3O5S. The van der Waals surface area contributed by atoms with E-state index in [1.54, 1.807) is 41.1 Å². The maximum atomic E-state index is 12.0. The van der Waals surface area contributed by atoms with E-state index < -0.39 is 24.4 Å². The van der Waals surface area contributed by atoms with E-state index in [-0.39, 0.29) is 18.9 Å². The van der Waals surface area contributed by atoms with Crippen LogP contribution in [0.25, 0.3) is 0 Å². The van der Waals surface area contributed by atoms with E-state index in [0.717, 1.165) is 4.90 Å². The van der Waals surface area contributed by atoms with Crippen LogP contribution >= 0.6 is 22.9 Å². The van der Waals surface area contributed by atoms with Crippen molar-refractivity contribution in [3.63, 3.8) is 0 Å². The Hall–Kier alpha value is -2.91. The van der Waals surface area contributed by atoms with Crippen LogP contribution in [0.5, 0.6) is 0 Å². The first kappa shape index (κ1) is 23.4. The molecule has 8 nitrogen and oxygen atoms in total. The van der Waals surface area contributed by atoms with Crippen LogP contribution in [0.1, 0.15) is 23.2 Å². The van der Waals surface area contributed by atoms with Gasteiger partial charge in [-0.25, -0.2) is 0 Å². The van der Waals surface area contributed by atoms with Crippen LogP contribution in [0.15, 0.2) is 41.1 Å². The molecule has 0 aliphatic heterocycles. The zero-order valence-corrected chi connectivity index (χ0v) is 17.9. The number of esters is 1. The van der Waals surface area contributed by atoms with E-state index in [4.69, 9.17) is 16.3 Å². The molecule has 1 aromatic heterocycles. The van der Waals surface area contributed by atoms with Crippen molar-refractivity contribution in [2.75, 3.05) is 32.1 Å². The van der Waals surface area contributed by atoms with Crippen LogP contribution in [-0.4, -0.2) is 55.3 Å². The van der Waals surface area contributed by atoms with E-state index >= 15 is 0 Å². The molecule has 2 rings (SSSR count). The molecule has 0 unspecified atom stereocenters. The molecule has 2 N–H and O–H groups in total. The lowest BCUT2D eigenvalue weighted by atomic mass is 10.3. The van der Waals surface area contributed by atoms with Crippen molar-refractivity contribution < 1.29 is 23.9 Å². The van der Waals surface area contributed by atoms with Gasteiger partial charge in [0.2, 0.25) is 5.91 Å². The van der Waals surface area contributed by atoms with Crippen LogP contribution < -0.4 is 10.6 Å². The van der Waals surface area contributed by atoms with Gasteiger partial charge in [0.25, 0.3) is 11.8 Å². The maximum absolute atomic E-state index is 12.0. The lowest BCUT2D eigenvalue weighted by Crippen LogP contribution is -2.37. The van der Waals surface area contributed by atoms with Crippen molar-refractivity contribution in [3.8, 4) is 0 Å². The molecule has 0 aliphatic rings. The van der Waals surface area contributed by atoms with Gasteiger partial charge in [0.15, 0.2) is 6.61 Å². The van der Waals surface area contributed by atoms with Crippen LogP contribution in [0.3, 0.4) is 0 Å². The van der Waals surface area contributed by atoms with Gasteiger partial charge in [0, 0.05) is 31.0 Å². The molecule has 0 aliphatic carbocycles. The molecule has 0 atom stereocenters. The third-order valence-corrected chi connectivity index (χ3v) is 4.95. The summed E-state index contributed by atoms with van der Waals surface area (Å²) in [6.07, 6.45) is 0.451. The Balaban J connectivity index is 1.61. The molecule has 0 fully saturated rings. The molecular weight excluding hydrogens is 430 g/mol. The number of para-hydroxylation sites is 1. The number of carbonyl (C=O) groups excluding carboxylic acids is 4. The summed E-state index contributed by atoms with van der Waals surface area (Å²) < 4.78 is 4.93. The number of likely N-dealkylation sites (N-methyl/N-ethyl adjacent to an activating group) is 1. The second kappa shape index (κ2) is 11.9. The number of carbonyl (C=O) groups is 4. The number of thiophene rings is 1. The average molecular weight is 452 g/mol. The topological polar surface area (TPSA) is 105 Å². The molecule has 0 radical (unpaired) electrons. The number of amides is 3. The predicted molar refractivity (Wildman–Crippen MR) is 115 cm³/mol. The smallest absolute Gasteiger partial charge is 0.306 e. The SMILES string of the molecule is CN(CC(=O)Nc1ccccc1Cl)C(=O)COC(=O)CCCNC(=O)c1ccsc1. The molecule has 30 heavy (non-hydrogen) atoms. The fourth-order valence-electron chi connectivity index (χ4n) is 2.31. The summed E-state index contributed by atoms with van der Waals surface area (Å²) in [5, 5.41) is 9.24. The summed E-state index contributed by atoms with van der Waals surface area (Å²) >= 11 is 7.40. The highest BCUT2D eigenvalue weighted by atomic mass is 35.5. The second-order valence-electron chi connectivity index (χ2n) is 6.31. The predicted octanol–water partition coefficient (Wildman–Crippen LogP) is 2.55. The Kier molecular flexibility index (Phi) is 9.30. The van der Waals surface area contributed by atoms with E-state index in [0.29, 0.717) is 29.2 Å². The zero-order valence-electron chi connectivity index (χ0n) is 16.4. The Morgan fingerprint density at radius 2 is 1.93 bits per heavy atom. The number of anilines is 1. The van der Waals surface area contributed by atoms with Gasteiger partial charge in [-0.15, -0.1) is 0 Å². The van der Waals surface area contributed by atoms with Crippen LogP contribution in [0.2, 0.25) is 5.02 Å². The lowest BCUT2D eigenvalue weighted by molar-refractivity contribution is -0.151. The first-order valence-corrected chi connectivity index (χ1v) is 10.4. The number of hydrogen-bond acceptors (Lipinski definition) is 6. The highest BCUT2D eigenvalue weighted by molar-refractivity contribution is 7.08. The highest BCUT2D eigenvalue weighted by Gasteiger charge is 2.16. The second-order valence-corrected chi connectivity index (χ2v) is 7.50. The van der Waals surface area contributed by atoms with Gasteiger partial charge in [0.05, 0.1) is 17.3 Å². The fraction of sp³-hybridized carbons (Fsp3) is 0.300. The number of halogens is 1. The minimum atomic E-state index is -0.554. The van der Waals surface area contributed by atoms with Gasteiger partial charge in [-0.1, -0.05) is 23.7 Å². The summed E-state index contributed by atoms with van der Waals surface area (Å²) in [5.74, 6) is -1.69. The van der Waals surface area contributed by atoms with Crippen molar-refractivity contribution in [1.29, 1.82) is 0 Å². The number of rotatable bonds is 10. The first-order valence-electron chi connectivity index (χ1n) is 9.11. The molecule has 160 valence electrons. The van der Waals surface area contributed by atoms with E-state index in [9.17, 15) is 19.2 Å². The third-order valence-electron chi connectivity index (χ3n) is 3.94. The third kappa shape index (κ3) is 7.84. The van der Waals surface area contributed by atoms with E-state index in [1.165, 1.54) is 18.4 Å². The summed E-state index contributed by atoms with van der Waals surface area (Å²) in [6.45, 7) is -0.355. The number of benzene rings is 1. The summed E-state index contributed by atoms with van der Waals surface area (Å²) in [5.41, 5.74) is 1.03. The van der Waals surface area contributed by atoms with Gasteiger partial charge >= 0.3 is 5.97 Å². The fourth-order valence-corrected chi connectivity index (χ4v) is 3.13. The Morgan fingerprint density at radius 1 is 1.17 bits per heavy atom. The zero-order chi connectivity index (χ0) is 21.9. The number of nitrogens with one attached hydrogen (secondary N) is 2. The Morgan fingerprint density at radius 3 is 2.63 bits per heavy atom. The maximum Gasteiger partial charge on any atom is 0.306 e. The van der Waals surface area contributed by atoms with Gasteiger partial charge in [-0.2, -0.15) is 11.3 Å². The summed E-state index contributed by atoms with van der Waals surface area (Å²) in [4.78, 5) is 48.7. The van der Waals surface area contributed by atoms with Gasteiger partial charge in [-0.05, 0) is 30.0 Å². The highest BCUT2D eigenvalue weighted by Crippen LogP contribution is 2.20. The summed E-state index contributed by atoms with van der Waals surface area (Å²) in [7, 11) is 1.43. The van der Waals surface area contributed by atoms with E-state index in [2.05, 4.69) is 10.6 Å². The standard InChI is InChI=1S/C20H22ClN3O5S/c1-24(11-17(25)23-16-6-3-2-5-15(16)21)18(26)12-29-19(27)7-4-9-22-20(28)14-8-10-30-13-14/h2-3,5-6,8,10,13H,4,7,9,11-12H2,1H3,(H,22,28)(H,23,25). The number of hydrogen-bond donors (Lipinski definition) is 2. The van der Waals surface area contributed by atoms with Gasteiger partial charge in [-0.3, -0.25) is 19.2 Å². The monoisotopic (exact) mass is 451 g/mol. The van der Waals surface area contributed by atoms with Crippen molar-refractivity contribution in [2.24, 2.45) is 0 Å². The summed E-state index contributed by atoms with van der Waals surface area (Å²) in [6, 6.07) is 8.46. The molecule has 2 aromatic rings. The average Bonchev–Trinajstić information content (AvgIpc) is 3.26. The van der Waals surface area contributed by atoms with Crippen LogP contribution in [0, 0.1) is 0 Å². The van der Waals surface area contributed by atoms with Crippen molar-refractivity contribution in [2.45, 2.75) is 12.8 Å². The Bertz CT molecular complexity index is 888. The van der Waals surface area contributed by atoms with Crippen molar-refractivity contribution in [1.82, 2.24) is 10.2 Å². The molecule has 3 amide bonds. The van der Waals surface area contributed by atoms with Gasteiger partial charge < -0.3 is 20.3 Å². The molecule has 10 heteroatoms. The lowest BCUT2D eigenvalue weighted by Gasteiger charge is -2.17. The van der Waals surface area contributed by atoms with Crippen LogP contribution in [-0.2, 0) is 19.1 Å². The molecule has 0 bridgehead atoms. The molecule has 0 saturated carbocycles. The molecule has 0 saturated heterocycles. The van der Waals surface area contributed by atoms with Crippen molar-refractivity contribution in [3.05, 3.63) is 51.7 Å². The van der Waals surface area contributed by atoms with Crippen LogP contribution in [0.4, 0.5) is 5.69 Å². The normalized spacial score (nSPS) is 10.2. The van der Waals surface area contributed by atoms with Gasteiger partial charge in [0.1, 0.15) is 0 Å².